The zero-order valence-corrected chi connectivity index (χ0v) is 19.7. The highest BCUT2D eigenvalue weighted by atomic mass is 16.2. The van der Waals surface area contributed by atoms with Gasteiger partial charge in [0.05, 0.1) is 0 Å². The number of aromatic nitrogens is 2. The lowest BCUT2D eigenvalue weighted by molar-refractivity contribution is 0.0996. The molecule has 9 heteroatoms. The molecule has 1 aliphatic rings. The van der Waals surface area contributed by atoms with E-state index in [1.54, 1.807) is 30.5 Å². The fraction of sp³-hybridized carbons (Fsp3) is 0.185. The number of amides is 2. The number of nitrogens with one attached hydrogen (secondary N) is 2. The molecule has 1 saturated heterocycles. The molecule has 1 fully saturated rings. The van der Waals surface area contributed by atoms with E-state index >= 15 is 0 Å². The Morgan fingerprint density at radius 2 is 1.67 bits per heavy atom. The second-order valence-electron chi connectivity index (χ2n) is 8.91. The average molecular weight is 482 g/mol. The second-order valence-corrected chi connectivity index (χ2v) is 8.91. The number of hydrogen-bond acceptors (Lipinski definition) is 5. The molecule has 0 saturated carbocycles. The van der Waals surface area contributed by atoms with Gasteiger partial charge in [0.15, 0.2) is 0 Å². The van der Waals surface area contributed by atoms with E-state index < -0.39 is 5.91 Å². The average Bonchev–Trinajstić information content (AvgIpc) is 3.53. The molecule has 36 heavy (non-hydrogen) atoms. The van der Waals surface area contributed by atoms with Crippen LogP contribution in [-0.2, 0) is 6.54 Å². The summed E-state index contributed by atoms with van der Waals surface area (Å²) in [5.41, 5.74) is 15.2. The molecule has 2 aromatic heterocycles. The first-order valence-corrected chi connectivity index (χ1v) is 11.8. The molecular weight excluding hydrogens is 454 g/mol. The molecule has 0 atom stereocenters. The number of fused-ring (bicyclic) bond motifs is 1. The van der Waals surface area contributed by atoms with Gasteiger partial charge in [-0.2, -0.15) is 0 Å². The van der Waals surface area contributed by atoms with Gasteiger partial charge in [-0.3, -0.25) is 15.0 Å². The van der Waals surface area contributed by atoms with Gasteiger partial charge in [-0.1, -0.05) is 24.3 Å². The highest BCUT2D eigenvalue weighted by molar-refractivity contribution is 6.07. The van der Waals surface area contributed by atoms with Crippen molar-refractivity contribution in [2.75, 3.05) is 23.3 Å². The van der Waals surface area contributed by atoms with E-state index in [4.69, 9.17) is 16.9 Å². The van der Waals surface area contributed by atoms with Crippen LogP contribution in [0.25, 0.3) is 10.9 Å². The Morgan fingerprint density at radius 3 is 2.36 bits per heavy atom. The predicted molar refractivity (Wildman–Crippen MR) is 141 cm³/mol. The van der Waals surface area contributed by atoms with E-state index in [0.29, 0.717) is 29.2 Å². The fourth-order valence-corrected chi connectivity index (χ4v) is 4.58. The summed E-state index contributed by atoms with van der Waals surface area (Å²) in [5, 5.41) is 11.6. The summed E-state index contributed by atoms with van der Waals surface area (Å²) < 4.78 is 1.88. The molecule has 9 nitrogen and oxygen atoms in total. The number of rotatable bonds is 7. The number of carbonyl (C=O) groups excluding carboxylic acids is 2. The van der Waals surface area contributed by atoms with E-state index in [1.165, 1.54) is 0 Å². The van der Waals surface area contributed by atoms with Crippen LogP contribution >= 0.6 is 0 Å². The molecule has 2 aromatic carbocycles. The summed E-state index contributed by atoms with van der Waals surface area (Å²) in [4.78, 5) is 31.6. The molecule has 0 unspecified atom stereocenters. The van der Waals surface area contributed by atoms with Crippen molar-refractivity contribution in [2.45, 2.75) is 19.4 Å². The third-order valence-corrected chi connectivity index (χ3v) is 6.48. The zero-order valence-electron chi connectivity index (χ0n) is 19.7. The van der Waals surface area contributed by atoms with E-state index in [-0.39, 0.29) is 11.7 Å². The highest BCUT2D eigenvalue weighted by Crippen LogP contribution is 2.25. The fourth-order valence-electron chi connectivity index (χ4n) is 4.58. The molecule has 0 bridgehead atoms. The predicted octanol–water partition coefficient (Wildman–Crippen LogP) is 3.32. The van der Waals surface area contributed by atoms with Crippen LogP contribution in [0, 0.1) is 5.41 Å². The van der Waals surface area contributed by atoms with Gasteiger partial charge in [-0.25, -0.2) is 4.98 Å². The van der Waals surface area contributed by atoms with Gasteiger partial charge in [-0.15, -0.1) is 0 Å². The number of nitrogens with two attached hydrogens (primary N) is 2. The molecular formula is C27H27N7O2. The quantitative estimate of drug-likeness (QED) is 0.236. The first-order chi connectivity index (χ1) is 17.4. The Morgan fingerprint density at radius 1 is 0.944 bits per heavy atom. The van der Waals surface area contributed by atoms with Gasteiger partial charge >= 0.3 is 0 Å². The van der Waals surface area contributed by atoms with Crippen LogP contribution in [0.15, 0.2) is 66.9 Å². The van der Waals surface area contributed by atoms with Crippen molar-refractivity contribution in [3.05, 3.63) is 89.2 Å². The van der Waals surface area contributed by atoms with E-state index in [9.17, 15) is 9.59 Å². The number of amidine groups is 1. The number of hydrogen-bond donors (Lipinski definition) is 4. The summed E-state index contributed by atoms with van der Waals surface area (Å²) in [7, 11) is 0. The smallest absolute Gasteiger partial charge is 0.273 e. The minimum absolute atomic E-state index is 0.0515. The first kappa shape index (κ1) is 23.1. The Bertz CT molecular complexity index is 1470. The van der Waals surface area contributed by atoms with Gasteiger partial charge < -0.3 is 26.3 Å². The Hall–Kier alpha value is -4.66. The second kappa shape index (κ2) is 9.53. The van der Waals surface area contributed by atoms with Crippen molar-refractivity contribution in [3.63, 3.8) is 0 Å². The number of pyridine rings is 1. The lowest BCUT2D eigenvalue weighted by atomic mass is 10.1. The molecule has 1 aliphatic heterocycles. The van der Waals surface area contributed by atoms with Crippen LogP contribution < -0.4 is 21.7 Å². The lowest BCUT2D eigenvalue weighted by Crippen LogP contribution is -2.20. The van der Waals surface area contributed by atoms with Crippen molar-refractivity contribution in [2.24, 2.45) is 11.5 Å². The van der Waals surface area contributed by atoms with Crippen LogP contribution in [-0.4, -0.2) is 40.3 Å². The van der Waals surface area contributed by atoms with Crippen LogP contribution in [0.5, 0.6) is 0 Å². The molecule has 4 aromatic rings. The maximum absolute atomic E-state index is 13.5. The molecule has 3 heterocycles. The summed E-state index contributed by atoms with van der Waals surface area (Å²) in [6.07, 6.45) is 4.03. The summed E-state index contributed by atoms with van der Waals surface area (Å²) in [5.74, 6) is -0.362. The summed E-state index contributed by atoms with van der Waals surface area (Å²) in [6, 6.07) is 18.0. The van der Waals surface area contributed by atoms with Gasteiger partial charge in [0.1, 0.15) is 17.3 Å². The zero-order chi connectivity index (χ0) is 25.2. The Kier molecular flexibility index (Phi) is 6.12. The van der Waals surface area contributed by atoms with E-state index in [0.717, 1.165) is 48.1 Å². The molecule has 0 spiro atoms. The molecule has 182 valence electrons. The Labute approximate surface area is 208 Å². The number of anilines is 2. The van der Waals surface area contributed by atoms with Gasteiger partial charge in [0.25, 0.3) is 5.91 Å². The third kappa shape index (κ3) is 4.63. The highest BCUT2D eigenvalue weighted by Gasteiger charge is 2.19. The molecule has 2 amide bonds. The minimum Gasteiger partial charge on any atom is -0.384 e. The number of nitrogens with zero attached hydrogens (tertiary/aromatic N) is 3. The molecule has 5 rings (SSSR count). The summed E-state index contributed by atoms with van der Waals surface area (Å²) >= 11 is 0. The number of nitrogen functional groups attached to an aromatic ring is 1. The van der Waals surface area contributed by atoms with Crippen molar-refractivity contribution in [1.29, 1.82) is 5.41 Å². The van der Waals surface area contributed by atoms with Crippen LogP contribution in [0.3, 0.4) is 0 Å². The maximum Gasteiger partial charge on any atom is 0.273 e. The molecule has 0 radical (unpaired) electrons. The van der Waals surface area contributed by atoms with Gasteiger partial charge in [-0.05, 0) is 48.7 Å². The molecule has 0 aliphatic carbocycles. The van der Waals surface area contributed by atoms with Gasteiger partial charge in [0.2, 0.25) is 5.91 Å². The Balaban J connectivity index is 1.50. The van der Waals surface area contributed by atoms with Crippen LogP contribution in [0.2, 0.25) is 0 Å². The normalized spacial score (nSPS) is 13.2. The summed E-state index contributed by atoms with van der Waals surface area (Å²) in [6.45, 7) is 2.37. The van der Waals surface area contributed by atoms with Crippen molar-refractivity contribution in [3.8, 4) is 0 Å². The van der Waals surface area contributed by atoms with Crippen LogP contribution in [0.4, 0.5) is 11.5 Å². The van der Waals surface area contributed by atoms with Crippen LogP contribution in [0.1, 0.15) is 44.8 Å². The van der Waals surface area contributed by atoms with E-state index in [2.05, 4.69) is 15.2 Å². The number of benzene rings is 2. The van der Waals surface area contributed by atoms with Gasteiger partial charge in [0, 0.05) is 59.6 Å². The van der Waals surface area contributed by atoms with Crippen molar-refractivity contribution in [1.82, 2.24) is 9.55 Å². The largest absolute Gasteiger partial charge is 0.384 e. The van der Waals surface area contributed by atoms with Crippen molar-refractivity contribution < 1.29 is 9.59 Å². The number of carbonyl (C=O) groups is 2. The lowest BCUT2D eigenvalue weighted by Gasteiger charge is -2.18. The van der Waals surface area contributed by atoms with Crippen molar-refractivity contribution >= 4 is 40.1 Å². The topological polar surface area (TPSA) is 143 Å². The third-order valence-electron chi connectivity index (χ3n) is 6.48. The van der Waals surface area contributed by atoms with E-state index in [1.807, 2.05) is 41.0 Å². The monoisotopic (exact) mass is 481 g/mol. The first-order valence-electron chi connectivity index (χ1n) is 11.8. The number of primary amides is 1. The molecule has 6 N–H and O–H groups in total. The SMILES string of the molecule is N=C(N)c1ccc2cc(C(=O)Nc3cc(N4CCCC4)ccn3)n(Cc3ccc(C(N)=O)cc3)c2c1. The standard InChI is InChI=1S/C27H27N7O2/c28-25(29)20-8-7-19-13-23(27(36)32-24-15-21(9-10-31-24)33-11-1-2-12-33)34(22(19)14-20)16-17-3-5-18(6-4-17)26(30)35/h3-10,13-15H,1-2,11-12,16H2,(H3,28,29)(H2,30,35)(H,31,32,36). The minimum atomic E-state index is -0.497. The maximum atomic E-state index is 13.5.